The van der Waals surface area contributed by atoms with E-state index in [2.05, 4.69) is 28.1 Å². The molecular formula is C12H16N4. The predicted octanol–water partition coefficient (Wildman–Crippen LogP) is 1.97. The molecule has 1 saturated heterocycles. The molecule has 2 rings (SSSR count). The van der Waals surface area contributed by atoms with Crippen molar-refractivity contribution in [1.82, 2.24) is 10.2 Å². The van der Waals surface area contributed by atoms with Crippen LogP contribution < -0.4 is 4.90 Å². The third-order valence-corrected chi connectivity index (χ3v) is 3.22. The van der Waals surface area contributed by atoms with Crippen LogP contribution in [0, 0.1) is 17.2 Å². The Labute approximate surface area is 95.9 Å². The average molecular weight is 216 g/mol. The summed E-state index contributed by atoms with van der Waals surface area (Å²) in [6.45, 7) is 4.21. The van der Waals surface area contributed by atoms with E-state index in [4.69, 9.17) is 5.26 Å². The zero-order chi connectivity index (χ0) is 11.4. The zero-order valence-electron chi connectivity index (χ0n) is 9.56. The Bertz CT molecular complexity index is 396. The van der Waals surface area contributed by atoms with Crippen LogP contribution in [-0.4, -0.2) is 23.3 Å². The number of nitriles is 1. The Kier molecular flexibility index (Phi) is 3.35. The van der Waals surface area contributed by atoms with Crippen LogP contribution in [0.25, 0.3) is 0 Å². The van der Waals surface area contributed by atoms with Crippen LogP contribution in [0.5, 0.6) is 0 Å². The van der Waals surface area contributed by atoms with Gasteiger partial charge in [-0.05, 0) is 24.8 Å². The summed E-state index contributed by atoms with van der Waals surface area (Å²) in [5.41, 5.74) is 0.631. The first-order valence-electron chi connectivity index (χ1n) is 5.82. The van der Waals surface area contributed by atoms with E-state index in [-0.39, 0.29) is 0 Å². The maximum absolute atomic E-state index is 9.03. The van der Waals surface area contributed by atoms with Crippen molar-refractivity contribution in [3.8, 4) is 6.07 Å². The van der Waals surface area contributed by atoms with Crippen molar-refractivity contribution in [1.29, 1.82) is 5.26 Å². The van der Waals surface area contributed by atoms with E-state index in [9.17, 15) is 0 Å². The van der Waals surface area contributed by atoms with Crippen LogP contribution in [0.2, 0.25) is 0 Å². The second kappa shape index (κ2) is 4.93. The van der Waals surface area contributed by atoms with E-state index < -0.39 is 0 Å². The molecular weight excluding hydrogens is 200 g/mol. The fourth-order valence-electron chi connectivity index (χ4n) is 2.24. The quantitative estimate of drug-likeness (QED) is 0.758. The number of hydrogen-bond acceptors (Lipinski definition) is 4. The van der Waals surface area contributed by atoms with Gasteiger partial charge in [-0.1, -0.05) is 13.3 Å². The molecule has 1 atom stereocenters. The van der Waals surface area contributed by atoms with E-state index in [1.54, 1.807) is 12.3 Å². The van der Waals surface area contributed by atoms with Gasteiger partial charge >= 0.3 is 0 Å². The first kappa shape index (κ1) is 10.9. The van der Waals surface area contributed by atoms with Crippen molar-refractivity contribution in [3.05, 3.63) is 17.8 Å². The maximum Gasteiger partial charge on any atom is 0.169 e. The molecule has 2 heterocycles. The van der Waals surface area contributed by atoms with Crippen LogP contribution in [0.1, 0.15) is 31.7 Å². The van der Waals surface area contributed by atoms with Crippen LogP contribution >= 0.6 is 0 Å². The highest BCUT2D eigenvalue weighted by atomic mass is 15.3. The number of aromatic nitrogens is 2. The highest BCUT2D eigenvalue weighted by Gasteiger charge is 2.21. The Morgan fingerprint density at radius 3 is 3.25 bits per heavy atom. The molecule has 1 aromatic heterocycles. The number of nitrogens with zero attached hydrogens (tertiary/aromatic N) is 4. The van der Waals surface area contributed by atoms with Crippen molar-refractivity contribution < 1.29 is 0 Å². The van der Waals surface area contributed by atoms with Gasteiger partial charge < -0.3 is 4.90 Å². The molecule has 0 saturated carbocycles. The van der Waals surface area contributed by atoms with Crippen molar-refractivity contribution in [2.24, 2.45) is 5.92 Å². The van der Waals surface area contributed by atoms with Gasteiger partial charge in [0.2, 0.25) is 0 Å². The lowest BCUT2D eigenvalue weighted by Crippen LogP contribution is -2.36. The molecule has 1 unspecified atom stereocenters. The molecule has 4 nitrogen and oxygen atoms in total. The first-order chi connectivity index (χ1) is 7.85. The molecule has 4 heteroatoms. The molecule has 1 fully saturated rings. The van der Waals surface area contributed by atoms with E-state index in [1.807, 2.05) is 0 Å². The van der Waals surface area contributed by atoms with Gasteiger partial charge in [-0.25, -0.2) is 0 Å². The lowest BCUT2D eigenvalue weighted by atomic mass is 9.95. The molecule has 16 heavy (non-hydrogen) atoms. The van der Waals surface area contributed by atoms with Crippen molar-refractivity contribution in [2.75, 3.05) is 18.0 Å². The van der Waals surface area contributed by atoms with Gasteiger partial charge in [0, 0.05) is 13.1 Å². The van der Waals surface area contributed by atoms with E-state index >= 15 is 0 Å². The molecule has 0 radical (unpaired) electrons. The Morgan fingerprint density at radius 2 is 2.50 bits per heavy atom. The SMILES string of the molecule is CCC1CCCN(c2nnccc2C#N)C1. The average Bonchev–Trinajstić information content (AvgIpc) is 2.38. The maximum atomic E-state index is 9.03. The fourth-order valence-corrected chi connectivity index (χ4v) is 2.24. The molecule has 0 N–H and O–H groups in total. The van der Waals surface area contributed by atoms with Gasteiger partial charge in [-0.15, -0.1) is 5.10 Å². The number of rotatable bonds is 2. The highest BCUT2D eigenvalue weighted by molar-refractivity contribution is 5.52. The molecule has 0 spiro atoms. The van der Waals surface area contributed by atoms with Gasteiger partial charge in [0.25, 0.3) is 0 Å². The van der Waals surface area contributed by atoms with E-state index in [0.717, 1.165) is 24.8 Å². The van der Waals surface area contributed by atoms with Crippen LogP contribution in [0.4, 0.5) is 5.82 Å². The summed E-state index contributed by atoms with van der Waals surface area (Å²) in [6.07, 6.45) is 5.23. The summed E-state index contributed by atoms with van der Waals surface area (Å²) in [6, 6.07) is 3.92. The number of hydrogen-bond donors (Lipinski definition) is 0. The molecule has 84 valence electrons. The third-order valence-electron chi connectivity index (χ3n) is 3.22. The molecule has 0 amide bonds. The Morgan fingerprint density at radius 1 is 1.62 bits per heavy atom. The minimum Gasteiger partial charge on any atom is -0.354 e. The Balaban J connectivity index is 2.20. The van der Waals surface area contributed by atoms with E-state index in [1.165, 1.54) is 19.3 Å². The molecule has 0 bridgehead atoms. The second-order valence-corrected chi connectivity index (χ2v) is 4.24. The summed E-state index contributed by atoms with van der Waals surface area (Å²) < 4.78 is 0. The molecule has 1 aromatic rings. The van der Waals surface area contributed by atoms with Crippen LogP contribution in [0.3, 0.4) is 0 Å². The standard InChI is InChI=1S/C12H16N4/c1-2-10-4-3-7-16(9-10)12-11(8-13)5-6-14-15-12/h5-6,10H,2-4,7,9H2,1H3. The lowest BCUT2D eigenvalue weighted by Gasteiger charge is -2.33. The smallest absolute Gasteiger partial charge is 0.169 e. The van der Waals surface area contributed by atoms with Gasteiger partial charge in [0.15, 0.2) is 5.82 Å². The largest absolute Gasteiger partial charge is 0.354 e. The van der Waals surface area contributed by atoms with Crippen LogP contribution in [-0.2, 0) is 0 Å². The minimum absolute atomic E-state index is 0.631. The molecule has 1 aliphatic heterocycles. The summed E-state index contributed by atoms with van der Waals surface area (Å²) in [5, 5.41) is 17.0. The summed E-state index contributed by atoms with van der Waals surface area (Å²) in [7, 11) is 0. The fraction of sp³-hybridized carbons (Fsp3) is 0.583. The summed E-state index contributed by atoms with van der Waals surface area (Å²) >= 11 is 0. The topological polar surface area (TPSA) is 52.8 Å². The third kappa shape index (κ3) is 2.13. The normalized spacial score (nSPS) is 20.5. The lowest BCUT2D eigenvalue weighted by molar-refractivity contribution is 0.402. The Hall–Kier alpha value is -1.63. The summed E-state index contributed by atoms with van der Waals surface area (Å²) in [5.74, 6) is 1.48. The predicted molar refractivity (Wildman–Crippen MR) is 62.0 cm³/mol. The highest BCUT2D eigenvalue weighted by Crippen LogP contribution is 2.24. The van der Waals surface area contributed by atoms with E-state index in [0.29, 0.717) is 5.56 Å². The zero-order valence-corrected chi connectivity index (χ0v) is 9.56. The number of piperidine rings is 1. The van der Waals surface area contributed by atoms with Gasteiger partial charge in [-0.3, -0.25) is 0 Å². The summed E-state index contributed by atoms with van der Waals surface area (Å²) in [4.78, 5) is 2.20. The van der Waals surface area contributed by atoms with Crippen LogP contribution in [0.15, 0.2) is 12.3 Å². The number of anilines is 1. The monoisotopic (exact) mass is 216 g/mol. The van der Waals surface area contributed by atoms with Gasteiger partial charge in [0.05, 0.1) is 11.8 Å². The first-order valence-corrected chi connectivity index (χ1v) is 5.82. The molecule has 0 aliphatic carbocycles. The van der Waals surface area contributed by atoms with Crippen molar-refractivity contribution in [3.63, 3.8) is 0 Å². The molecule has 1 aliphatic rings. The van der Waals surface area contributed by atoms with Gasteiger partial charge in [-0.2, -0.15) is 10.4 Å². The minimum atomic E-state index is 0.631. The second-order valence-electron chi connectivity index (χ2n) is 4.24. The van der Waals surface area contributed by atoms with Gasteiger partial charge in [0.1, 0.15) is 6.07 Å². The molecule has 0 aromatic carbocycles. The van der Waals surface area contributed by atoms with Crippen molar-refractivity contribution in [2.45, 2.75) is 26.2 Å². The van der Waals surface area contributed by atoms with Crippen molar-refractivity contribution >= 4 is 5.82 Å².